The minimum atomic E-state index is -4.24. The van der Waals surface area contributed by atoms with Crippen LogP contribution in [0, 0.1) is 0 Å². The van der Waals surface area contributed by atoms with Crippen molar-refractivity contribution in [3.05, 3.63) is 95.7 Å². The molecule has 2 heterocycles. The van der Waals surface area contributed by atoms with Gasteiger partial charge in [-0.25, -0.2) is 8.42 Å². The monoisotopic (exact) mass is 488 g/mol. The Labute approximate surface area is 204 Å². The number of anilines is 1. The molecule has 0 spiro atoms. The second-order valence-electron chi connectivity index (χ2n) is 8.24. The molecule has 0 amide bonds. The minimum absolute atomic E-state index is 0.275. The van der Waals surface area contributed by atoms with Crippen LogP contribution in [0.5, 0.6) is 0 Å². The molecule has 34 heavy (non-hydrogen) atoms. The zero-order valence-corrected chi connectivity index (χ0v) is 20.4. The van der Waals surface area contributed by atoms with Crippen LogP contribution in [0.15, 0.2) is 94.9 Å². The Hall–Kier alpha value is -3.13. The molecular weight excluding hydrogens is 464 g/mol. The Morgan fingerprint density at radius 2 is 1.68 bits per heavy atom. The van der Waals surface area contributed by atoms with Gasteiger partial charge in [-0.3, -0.25) is 0 Å². The molecule has 0 bridgehead atoms. The van der Waals surface area contributed by atoms with E-state index in [-0.39, 0.29) is 12.2 Å². The third-order valence-corrected chi connectivity index (χ3v) is 7.91. The number of benzene rings is 3. The smallest absolute Gasteiger partial charge is 0.213 e. The van der Waals surface area contributed by atoms with E-state index >= 15 is 0 Å². The number of aromatic nitrogens is 1. The van der Waals surface area contributed by atoms with Gasteiger partial charge in [-0.1, -0.05) is 66.4 Å². The number of hydrogen-bond acceptors (Lipinski definition) is 5. The lowest BCUT2D eigenvalue weighted by atomic mass is 9.99. The molecule has 0 unspecified atom stereocenters. The summed E-state index contributed by atoms with van der Waals surface area (Å²) in [6.07, 6.45) is 2.42. The van der Waals surface area contributed by atoms with Crippen molar-refractivity contribution >= 4 is 44.5 Å². The third-order valence-electron chi connectivity index (χ3n) is 6.00. The molecular formula is C27H24N2O3S2. The third kappa shape index (κ3) is 4.59. The van der Waals surface area contributed by atoms with Gasteiger partial charge >= 0.3 is 0 Å². The molecule has 0 atom stereocenters. The predicted octanol–water partition coefficient (Wildman–Crippen LogP) is 5.18. The molecule has 5 rings (SSSR count). The average Bonchev–Trinajstić information content (AvgIpc) is 3.18. The van der Waals surface area contributed by atoms with Gasteiger partial charge in [0.05, 0.1) is 26.2 Å². The first kappa shape index (κ1) is 22.7. The fourth-order valence-electron chi connectivity index (χ4n) is 4.37. The normalized spacial score (nSPS) is 14.6. The van der Waals surface area contributed by atoms with Gasteiger partial charge in [0.15, 0.2) is 0 Å². The van der Waals surface area contributed by atoms with Crippen molar-refractivity contribution in [1.29, 1.82) is 0 Å². The number of para-hydroxylation sites is 2. The van der Waals surface area contributed by atoms with Gasteiger partial charge in [-0.05, 0) is 30.2 Å². The molecule has 0 saturated heterocycles. The van der Waals surface area contributed by atoms with Gasteiger partial charge in [0, 0.05) is 41.0 Å². The summed E-state index contributed by atoms with van der Waals surface area (Å²) in [6.45, 7) is 0.458. The van der Waals surface area contributed by atoms with E-state index in [1.807, 2.05) is 42.5 Å². The Bertz CT molecular complexity index is 1500. The fourth-order valence-corrected chi connectivity index (χ4v) is 5.98. The number of fused-ring (bicyclic) bond motifs is 2. The predicted molar refractivity (Wildman–Crippen MR) is 137 cm³/mol. The molecule has 1 aliphatic heterocycles. The summed E-state index contributed by atoms with van der Waals surface area (Å²) in [7, 11) is -2.18. The Kier molecular flexibility index (Phi) is 6.16. The van der Waals surface area contributed by atoms with Crippen molar-refractivity contribution in [2.75, 3.05) is 17.2 Å². The number of thioether (sulfide) groups is 1. The molecule has 7 heteroatoms. The molecule has 1 aliphatic rings. The van der Waals surface area contributed by atoms with Crippen molar-refractivity contribution in [2.45, 2.75) is 11.3 Å². The van der Waals surface area contributed by atoms with Crippen molar-refractivity contribution in [3.63, 3.8) is 0 Å². The van der Waals surface area contributed by atoms with Crippen LogP contribution in [-0.2, 0) is 17.2 Å². The number of pyridine rings is 1. The maximum absolute atomic E-state index is 11.2. The Balaban J connectivity index is 1.61. The van der Waals surface area contributed by atoms with Crippen LogP contribution < -0.4 is 9.47 Å². The van der Waals surface area contributed by atoms with Crippen molar-refractivity contribution in [2.24, 2.45) is 7.05 Å². The first-order valence-electron chi connectivity index (χ1n) is 11.1. The number of nitrogens with zero attached hydrogens (tertiary/aromatic N) is 2. The fraction of sp³-hybridized carbons (Fsp3) is 0.148. The summed E-state index contributed by atoms with van der Waals surface area (Å²) in [4.78, 5) is 3.23. The van der Waals surface area contributed by atoms with Crippen LogP contribution in [0.2, 0.25) is 0 Å². The van der Waals surface area contributed by atoms with Gasteiger partial charge in [0.1, 0.15) is 7.05 Å². The standard InChI is InChI=1S/C27H24N2O3S2/c1-28-21(18-23(20-10-3-2-4-11-20)22-12-5-6-13-24(22)28)19-27-29(16-9-17-34(30,31)32)25-14-7-8-15-26(25)33-27/h2-8,10-15,18-19H,9,16-17H2,1H3. The summed E-state index contributed by atoms with van der Waals surface area (Å²) in [5, 5.41) is 2.19. The van der Waals surface area contributed by atoms with Crippen LogP contribution in [0.25, 0.3) is 28.1 Å². The molecule has 0 saturated carbocycles. The zero-order chi connectivity index (χ0) is 23.7. The van der Waals surface area contributed by atoms with Crippen molar-refractivity contribution < 1.29 is 17.5 Å². The Morgan fingerprint density at radius 3 is 2.47 bits per heavy atom. The summed E-state index contributed by atoms with van der Waals surface area (Å²) in [6, 6.07) is 29.0. The maximum atomic E-state index is 11.2. The topological polar surface area (TPSA) is 64.3 Å². The summed E-state index contributed by atoms with van der Waals surface area (Å²) in [5.74, 6) is -0.370. The quantitative estimate of drug-likeness (QED) is 0.277. The van der Waals surface area contributed by atoms with Crippen molar-refractivity contribution in [3.8, 4) is 11.1 Å². The first-order chi connectivity index (χ1) is 16.4. The molecule has 1 aromatic heterocycles. The van der Waals surface area contributed by atoms with Crippen molar-refractivity contribution in [1.82, 2.24) is 0 Å². The van der Waals surface area contributed by atoms with Crippen LogP contribution in [0.1, 0.15) is 12.1 Å². The summed E-state index contributed by atoms with van der Waals surface area (Å²) in [5.41, 5.74) is 5.51. The molecule has 0 N–H and O–H groups in total. The molecule has 0 aliphatic carbocycles. The van der Waals surface area contributed by atoms with E-state index in [0.717, 1.165) is 37.9 Å². The van der Waals surface area contributed by atoms with Gasteiger partial charge < -0.3 is 9.45 Å². The van der Waals surface area contributed by atoms with E-state index in [4.69, 9.17) is 0 Å². The number of rotatable bonds is 6. The van der Waals surface area contributed by atoms with E-state index < -0.39 is 10.1 Å². The van der Waals surface area contributed by atoms with E-state index in [1.54, 1.807) is 11.8 Å². The maximum Gasteiger partial charge on any atom is 0.213 e. The summed E-state index contributed by atoms with van der Waals surface area (Å²) < 4.78 is 35.7. The highest BCUT2D eigenvalue weighted by Gasteiger charge is 2.26. The zero-order valence-electron chi connectivity index (χ0n) is 18.7. The highest BCUT2D eigenvalue weighted by Crippen LogP contribution is 2.46. The van der Waals surface area contributed by atoms with Crippen LogP contribution >= 0.6 is 11.8 Å². The molecule has 5 nitrogen and oxygen atoms in total. The lowest BCUT2D eigenvalue weighted by molar-refractivity contribution is -0.646. The lowest BCUT2D eigenvalue weighted by Crippen LogP contribution is -2.33. The van der Waals surface area contributed by atoms with E-state index in [1.165, 1.54) is 5.39 Å². The number of aryl methyl sites for hydroxylation is 1. The van der Waals surface area contributed by atoms with Crippen LogP contribution in [0.3, 0.4) is 0 Å². The SMILES string of the molecule is C[n+]1c(C=C2Sc3ccccc3N2CCCS(=O)(=O)[O-])cc(-c2ccccc2)c2ccccc21. The van der Waals surface area contributed by atoms with Gasteiger partial charge in [-0.2, -0.15) is 4.57 Å². The molecule has 4 aromatic rings. The highest BCUT2D eigenvalue weighted by molar-refractivity contribution is 8.03. The van der Waals surface area contributed by atoms with E-state index in [9.17, 15) is 13.0 Å². The highest BCUT2D eigenvalue weighted by atomic mass is 32.2. The Morgan fingerprint density at radius 1 is 0.971 bits per heavy atom. The van der Waals surface area contributed by atoms with Gasteiger partial charge in [0.25, 0.3) is 0 Å². The molecule has 0 radical (unpaired) electrons. The molecule has 0 fully saturated rings. The van der Waals surface area contributed by atoms with E-state index in [0.29, 0.717) is 6.54 Å². The van der Waals surface area contributed by atoms with Gasteiger partial charge in [-0.15, -0.1) is 0 Å². The van der Waals surface area contributed by atoms with Crippen LogP contribution in [0.4, 0.5) is 5.69 Å². The van der Waals surface area contributed by atoms with Crippen LogP contribution in [-0.4, -0.2) is 25.3 Å². The first-order valence-corrected chi connectivity index (χ1v) is 13.5. The molecule has 3 aromatic carbocycles. The largest absolute Gasteiger partial charge is 0.748 e. The van der Waals surface area contributed by atoms with E-state index in [2.05, 4.69) is 65.1 Å². The molecule has 172 valence electrons. The lowest BCUT2D eigenvalue weighted by Gasteiger charge is -2.21. The second kappa shape index (κ2) is 9.25. The number of hydrogen-bond donors (Lipinski definition) is 0. The second-order valence-corrected chi connectivity index (χ2v) is 10.8. The minimum Gasteiger partial charge on any atom is -0.748 e. The summed E-state index contributed by atoms with van der Waals surface area (Å²) >= 11 is 1.66. The van der Waals surface area contributed by atoms with Gasteiger partial charge in [0.2, 0.25) is 11.2 Å². The average molecular weight is 489 g/mol.